The molecule has 1 N–H and O–H groups in total. The Morgan fingerprint density at radius 3 is 2.88 bits per heavy atom. The van der Waals surface area contributed by atoms with Gasteiger partial charge in [0.2, 0.25) is 5.91 Å². The summed E-state index contributed by atoms with van der Waals surface area (Å²) in [5, 5.41) is 2.66. The second kappa shape index (κ2) is 6.85. The lowest BCUT2D eigenvalue weighted by atomic mass is 10.1. The van der Waals surface area contributed by atoms with Crippen LogP contribution in [-0.2, 0) is 19.1 Å². The van der Waals surface area contributed by atoms with Crippen LogP contribution in [0.3, 0.4) is 0 Å². The van der Waals surface area contributed by atoms with Gasteiger partial charge in [0.1, 0.15) is 10.9 Å². The quantitative estimate of drug-likeness (QED) is 0.609. The molecule has 5 nitrogen and oxygen atoms in total. The zero-order chi connectivity index (χ0) is 12.0. The molecule has 0 saturated carbocycles. The van der Waals surface area contributed by atoms with Crippen LogP contribution in [0.15, 0.2) is 0 Å². The molecule has 16 heavy (non-hydrogen) atoms. The number of methoxy groups -OCH3 is 1. The first kappa shape index (κ1) is 13.4. The number of carbonyl (C=O) groups excluding carboxylic acids is 2. The van der Waals surface area contributed by atoms with Crippen molar-refractivity contribution in [2.75, 3.05) is 20.3 Å². The summed E-state index contributed by atoms with van der Waals surface area (Å²) in [4.78, 5) is 22.1. The van der Waals surface area contributed by atoms with Gasteiger partial charge in [-0.2, -0.15) is 0 Å². The van der Waals surface area contributed by atoms with Crippen LogP contribution in [0.5, 0.6) is 0 Å². The van der Waals surface area contributed by atoms with E-state index in [2.05, 4.69) is 26.0 Å². The lowest BCUT2D eigenvalue weighted by Crippen LogP contribution is -2.42. The first-order chi connectivity index (χ1) is 7.65. The van der Waals surface area contributed by atoms with Gasteiger partial charge in [0.15, 0.2) is 0 Å². The zero-order valence-corrected chi connectivity index (χ0v) is 10.8. The first-order valence-electron chi connectivity index (χ1n) is 5.26. The lowest BCUT2D eigenvalue weighted by molar-refractivity contribution is -0.140. The number of rotatable bonds is 4. The molecule has 0 spiro atoms. The highest BCUT2D eigenvalue weighted by atomic mass is 79.9. The van der Waals surface area contributed by atoms with Crippen LogP contribution >= 0.6 is 15.9 Å². The largest absolute Gasteiger partial charge is 0.468 e. The van der Waals surface area contributed by atoms with Gasteiger partial charge in [-0.25, -0.2) is 0 Å². The Morgan fingerprint density at radius 1 is 1.56 bits per heavy atom. The van der Waals surface area contributed by atoms with Crippen LogP contribution in [0.2, 0.25) is 0 Å². The van der Waals surface area contributed by atoms with Gasteiger partial charge in [-0.3, -0.25) is 9.59 Å². The molecule has 1 rings (SSSR count). The molecule has 1 fully saturated rings. The van der Waals surface area contributed by atoms with Crippen LogP contribution in [0.4, 0.5) is 0 Å². The third-order valence-corrected chi connectivity index (χ3v) is 3.08. The maximum atomic E-state index is 11.6. The summed E-state index contributed by atoms with van der Waals surface area (Å²) in [7, 11) is 1.31. The van der Waals surface area contributed by atoms with Crippen molar-refractivity contribution >= 4 is 27.8 Å². The van der Waals surface area contributed by atoms with Crippen LogP contribution < -0.4 is 5.32 Å². The number of halogens is 1. The molecule has 1 heterocycles. The smallest absolute Gasteiger partial charge is 0.321 e. The Hall–Kier alpha value is -0.620. The fraction of sp³-hybridized carbons (Fsp3) is 0.800. The van der Waals surface area contributed by atoms with Gasteiger partial charge >= 0.3 is 5.97 Å². The molecule has 0 aromatic heterocycles. The fourth-order valence-electron chi connectivity index (χ4n) is 1.46. The van der Waals surface area contributed by atoms with Crippen LogP contribution in [0.25, 0.3) is 0 Å². The van der Waals surface area contributed by atoms with Crippen molar-refractivity contribution in [2.24, 2.45) is 0 Å². The molecule has 1 amide bonds. The molecule has 6 heteroatoms. The highest BCUT2D eigenvalue weighted by molar-refractivity contribution is 9.10. The molecule has 1 aliphatic rings. The molecule has 0 bridgehead atoms. The number of nitrogens with one attached hydrogen (secondary N) is 1. The van der Waals surface area contributed by atoms with Crippen molar-refractivity contribution in [2.45, 2.75) is 30.2 Å². The Labute approximate surface area is 103 Å². The second-order valence-electron chi connectivity index (χ2n) is 3.59. The van der Waals surface area contributed by atoms with E-state index in [1.165, 1.54) is 7.11 Å². The van der Waals surface area contributed by atoms with Gasteiger partial charge in [0, 0.05) is 13.2 Å². The van der Waals surface area contributed by atoms with Crippen LogP contribution in [-0.4, -0.2) is 43.1 Å². The van der Waals surface area contributed by atoms with Crippen molar-refractivity contribution in [3.63, 3.8) is 0 Å². The van der Waals surface area contributed by atoms with Crippen molar-refractivity contribution in [3.8, 4) is 0 Å². The van der Waals surface area contributed by atoms with Gasteiger partial charge in [-0.1, -0.05) is 15.9 Å². The predicted molar refractivity (Wildman–Crippen MR) is 61.3 cm³/mol. The lowest BCUT2D eigenvalue weighted by Gasteiger charge is -2.22. The van der Waals surface area contributed by atoms with E-state index in [4.69, 9.17) is 4.74 Å². The third kappa shape index (κ3) is 4.09. The first-order valence-corrected chi connectivity index (χ1v) is 6.18. The number of esters is 1. The molecule has 92 valence electrons. The van der Waals surface area contributed by atoms with E-state index in [9.17, 15) is 9.59 Å². The molecule has 0 radical (unpaired) electrons. The summed E-state index contributed by atoms with van der Waals surface area (Å²) in [6, 6.07) is 0. The summed E-state index contributed by atoms with van der Waals surface area (Å²) < 4.78 is 9.84. The monoisotopic (exact) mass is 293 g/mol. The van der Waals surface area contributed by atoms with Gasteiger partial charge < -0.3 is 14.8 Å². The van der Waals surface area contributed by atoms with E-state index in [1.807, 2.05) is 0 Å². The van der Waals surface area contributed by atoms with Crippen molar-refractivity contribution in [1.82, 2.24) is 5.32 Å². The molecule has 1 saturated heterocycles. The maximum absolute atomic E-state index is 11.6. The molecule has 2 unspecified atom stereocenters. The average molecular weight is 294 g/mol. The number of amides is 1. The summed E-state index contributed by atoms with van der Waals surface area (Å²) in [6.07, 6.45) is 2.39. The maximum Gasteiger partial charge on any atom is 0.321 e. The summed E-state index contributed by atoms with van der Waals surface area (Å²) in [5.41, 5.74) is 0. The Balaban J connectivity index is 2.26. The highest BCUT2D eigenvalue weighted by Crippen LogP contribution is 2.12. The summed E-state index contributed by atoms with van der Waals surface area (Å²) >= 11 is 3.13. The normalized spacial score (nSPS) is 22.2. The van der Waals surface area contributed by atoms with Crippen LogP contribution in [0.1, 0.15) is 19.3 Å². The molecule has 2 atom stereocenters. The molecule has 1 aliphatic heterocycles. The number of alkyl halides is 1. The number of carbonyl (C=O) groups is 2. The van der Waals surface area contributed by atoms with Gasteiger partial charge in [0.05, 0.1) is 7.11 Å². The van der Waals surface area contributed by atoms with E-state index < -0.39 is 10.8 Å². The van der Waals surface area contributed by atoms with Gasteiger partial charge in [0.25, 0.3) is 0 Å². The molecular formula is C10H16BrNO4. The topological polar surface area (TPSA) is 64.6 Å². The van der Waals surface area contributed by atoms with E-state index in [0.717, 1.165) is 19.3 Å². The number of ether oxygens (including phenoxy) is 2. The van der Waals surface area contributed by atoms with Crippen LogP contribution in [0, 0.1) is 0 Å². The molecular weight excluding hydrogens is 278 g/mol. The molecule has 0 aromatic carbocycles. The SMILES string of the molecule is COC(=O)C(Br)CNC(=O)C1CCCCO1. The molecule has 0 aromatic rings. The second-order valence-corrected chi connectivity index (χ2v) is 4.70. The van der Waals surface area contributed by atoms with E-state index in [-0.39, 0.29) is 18.6 Å². The van der Waals surface area contributed by atoms with E-state index in [0.29, 0.717) is 6.61 Å². The van der Waals surface area contributed by atoms with Crippen molar-refractivity contribution in [3.05, 3.63) is 0 Å². The van der Waals surface area contributed by atoms with E-state index in [1.54, 1.807) is 0 Å². The highest BCUT2D eigenvalue weighted by Gasteiger charge is 2.23. The van der Waals surface area contributed by atoms with Gasteiger partial charge in [-0.15, -0.1) is 0 Å². The summed E-state index contributed by atoms with van der Waals surface area (Å²) in [6.45, 7) is 0.845. The Bertz CT molecular complexity index is 253. The predicted octanol–water partition coefficient (Wildman–Crippen LogP) is 0.608. The minimum atomic E-state index is -0.509. The average Bonchev–Trinajstić information content (AvgIpc) is 2.35. The molecule has 0 aliphatic carbocycles. The Morgan fingerprint density at radius 2 is 2.31 bits per heavy atom. The van der Waals surface area contributed by atoms with Crippen molar-refractivity contribution < 1.29 is 19.1 Å². The third-order valence-electron chi connectivity index (χ3n) is 2.38. The number of hydrogen-bond donors (Lipinski definition) is 1. The minimum Gasteiger partial charge on any atom is -0.468 e. The van der Waals surface area contributed by atoms with Gasteiger partial charge in [-0.05, 0) is 19.3 Å². The van der Waals surface area contributed by atoms with E-state index >= 15 is 0 Å². The Kier molecular flexibility index (Phi) is 5.76. The standard InChI is InChI=1S/C10H16BrNO4/c1-15-10(14)7(11)6-12-9(13)8-4-2-3-5-16-8/h7-8H,2-6H2,1H3,(H,12,13). The summed E-state index contributed by atoms with van der Waals surface area (Å²) in [5.74, 6) is -0.557. The number of hydrogen-bond acceptors (Lipinski definition) is 4. The van der Waals surface area contributed by atoms with Crippen molar-refractivity contribution in [1.29, 1.82) is 0 Å². The zero-order valence-electron chi connectivity index (χ0n) is 9.20. The minimum absolute atomic E-state index is 0.159. The fourth-order valence-corrected chi connectivity index (χ4v) is 1.81.